The van der Waals surface area contributed by atoms with Crippen LogP contribution in [0, 0.1) is 6.92 Å². The van der Waals surface area contributed by atoms with Crippen molar-refractivity contribution in [2.75, 3.05) is 24.1 Å². The van der Waals surface area contributed by atoms with E-state index in [1.54, 1.807) is 0 Å². The Morgan fingerprint density at radius 3 is 2.85 bits per heavy atom. The molecule has 5 nitrogen and oxygen atoms in total. The fraction of sp³-hybridized carbons (Fsp3) is 0.500. The molecule has 0 aliphatic rings. The molecule has 1 rings (SSSR count). The molecule has 5 N–H and O–H groups in total. The van der Waals surface area contributed by atoms with Crippen LogP contribution in [0.2, 0.25) is 0 Å². The molecule has 0 spiro atoms. The number of nitrogen functional groups attached to an aromatic ring is 1. The van der Waals surface area contributed by atoms with Gasteiger partial charge in [-0.2, -0.15) is 4.98 Å². The van der Waals surface area contributed by atoms with Gasteiger partial charge in [-0.15, -0.1) is 0 Å². The molecular weight excluding hydrogens is 166 g/mol. The molecule has 72 valence electrons. The fourth-order valence-electron chi connectivity index (χ4n) is 1.00. The molecule has 0 unspecified atom stereocenters. The van der Waals surface area contributed by atoms with E-state index in [0.717, 1.165) is 24.5 Å². The Bertz CT molecular complexity index is 253. The summed E-state index contributed by atoms with van der Waals surface area (Å²) >= 11 is 0. The van der Waals surface area contributed by atoms with E-state index in [9.17, 15) is 0 Å². The van der Waals surface area contributed by atoms with Gasteiger partial charge in [0.05, 0.1) is 0 Å². The van der Waals surface area contributed by atoms with Gasteiger partial charge >= 0.3 is 0 Å². The van der Waals surface area contributed by atoms with Crippen LogP contribution >= 0.6 is 0 Å². The number of nitrogens with zero attached hydrogens (tertiary/aromatic N) is 2. The first-order chi connectivity index (χ1) is 6.22. The van der Waals surface area contributed by atoms with Crippen LogP contribution in [0.3, 0.4) is 0 Å². The molecule has 5 heteroatoms. The first-order valence-corrected chi connectivity index (χ1v) is 4.27. The van der Waals surface area contributed by atoms with Gasteiger partial charge in [-0.25, -0.2) is 4.98 Å². The van der Waals surface area contributed by atoms with E-state index >= 15 is 0 Å². The van der Waals surface area contributed by atoms with E-state index in [1.807, 2.05) is 13.0 Å². The Kier molecular flexibility index (Phi) is 3.45. The third kappa shape index (κ3) is 3.25. The van der Waals surface area contributed by atoms with Crippen molar-refractivity contribution in [1.29, 1.82) is 0 Å². The molecule has 0 aliphatic heterocycles. The highest BCUT2D eigenvalue weighted by atomic mass is 15.1. The molecule has 0 amide bonds. The molecule has 1 heterocycles. The van der Waals surface area contributed by atoms with Crippen LogP contribution in [0.5, 0.6) is 0 Å². The smallest absolute Gasteiger partial charge is 0.222 e. The molecule has 0 atom stereocenters. The van der Waals surface area contributed by atoms with Crippen LogP contribution < -0.4 is 16.8 Å². The van der Waals surface area contributed by atoms with E-state index in [4.69, 9.17) is 11.5 Å². The summed E-state index contributed by atoms with van der Waals surface area (Å²) in [7, 11) is 0. The van der Waals surface area contributed by atoms with Crippen LogP contribution in [-0.2, 0) is 0 Å². The zero-order valence-corrected chi connectivity index (χ0v) is 7.75. The van der Waals surface area contributed by atoms with Crippen molar-refractivity contribution in [3.63, 3.8) is 0 Å². The highest BCUT2D eigenvalue weighted by Gasteiger charge is 1.97. The summed E-state index contributed by atoms with van der Waals surface area (Å²) in [4.78, 5) is 7.99. The van der Waals surface area contributed by atoms with Crippen molar-refractivity contribution in [3.05, 3.63) is 11.8 Å². The number of rotatable bonds is 4. The van der Waals surface area contributed by atoms with E-state index in [2.05, 4.69) is 15.3 Å². The van der Waals surface area contributed by atoms with E-state index < -0.39 is 0 Å². The second-order valence-corrected chi connectivity index (χ2v) is 2.82. The number of nitrogens with one attached hydrogen (secondary N) is 1. The van der Waals surface area contributed by atoms with Crippen LogP contribution in [0.4, 0.5) is 11.8 Å². The van der Waals surface area contributed by atoms with Crippen molar-refractivity contribution in [3.8, 4) is 0 Å². The van der Waals surface area contributed by atoms with Gasteiger partial charge in [-0.1, -0.05) is 0 Å². The maximum absolute atomic E-state index is 5.48. The normalized spacial score (nSPS) is 10.0. The zero-order valence-electron chi connectivity index (χ0n) is 7.75. The summed E-state index contributed by atoms with van der Waals surface area (Å²) in [6.07, 6.45) is 0.920. The molecule has 0 bridgehead atoms. The predicted octanol–water partition coefficient (Wildman–Crippen LogP) is 0.128. The largest absolute Gasteiger partial charge is 0.370 e. The summed E-state index contributed by atoms with van der Waals surface area (Å²) in [5.41, 5.74) is 11.7. The lowest BCUT2D eigenvalue weighted by atomic mass is 10.4. The molecule has 1 aromatic heterocycles. The monoisotopic (exact) mass is 181 g/mol. The molecule has 0 aromatic carbocycles. The summed E-state index contributed by atoms with van der Waals surface area (Å²) in [6.45, 7) is 3.37. The molecule has 0 radical (unpaired) electrons. The number of nitrogens with two attached hydrogens (primary N) is 2. The Morgan fingerprint density at radius 1 is 1.46 bits per heavy atom. The minimum absolute atomic E-state index is 0.301. The lowest BCUT2D eigenvalue weighted by molar-refractivity contribution is 0.869. The third-order valence-corrected chi connectivity index (χ3v) is 1.56. The first-order valence-electron chi connectivity index (χ1n) is 4.27. The summed E-state index contributed by atoms with van der Waals surface area (Å²) in [5, 5.41) is 3.12. The van der Waals surface area contributed by atoms with Crippen LogP contribution in [-0.4, -0.2) is 23.1 Å². The molecule has 0 saturated heterocycles. The number of aryl methyl sites for hydroxylation is 1. The summed E-state index contributed by atoms with van der Waals surface area (Å²) < 4.78 is 0. The van der Waals surface area contributed by atoms with Gasteiger partial charge < -0.3 is 16.8 Å². The second-order valence-electron chi connectivity index (χ2n) is 2.82. The van der Waals surface area contributed by atoms with Crippen LogP contribution in [0.15, 0.2) is 6.07 Å². The molecular formula is C8H15N5. The Balaban J connectivity index is 2.56. The zero-order chi connectivity index (χ0) is 9.68. The maximum atomic E-state index is 5.48. The number of anilines is 2. The van der Waals surface area contributed by atoms with Gasteiger partial charge in [0.25, 0.3) is 0 Å². The van der Waals surface area contributed by atoms with Gasteiger partial charge in [0.15, 0.2) is 0 Å². The molecule has 0 aliphatic carbocycles. The Labute approximate surface area is 77.6 Å². The van der Waals surface area contributed by atoms with Gasteiger partial charge in [0.1, 0.15) is 5.82 Å². The Hall–Kier alpha value is -1.36. The van der Waals surface area contributed by atoms with Crippen molar-refractivity contribution in [1.82, 2.24) is 9.97 Å². The number of hydrogen-bond acceptors (Lipinski definition) is 5. The minimum atomic E-state index is 0.301. The van der Waals surface area contributed by atoms with Crippen LogP contribution in [0.25, 0.3) is 0 Å². The number of aromatic nitrogens is 2. The standard InChI is InChI=1S/C8H15N5/c1-6-5-7(11-4-2-3-9)13-8(10)12-6/h5H,2-4,9H2,1H3,(H3,10,11,12,13). The van der Waals surface area contributed by atoms with Crippen molar-refractivity contribution < 1.29 is 0 Å². The topological polar surface area (TPSA) is 89.8 Å². The predicted molar refractivity (Wildman–Crippen MR) is 53.3 cm³/mol. The Morgan fingerprint density at radius 2 is 2.23 bits per heavy atom. The van der Waals surface area contributed by atoms with E-state index in [1.165, 1.54) is 0 Å². The third-order valence-electron chi connectivity index (χ3n) is 1.56. The molecule has 0 fully saturated rings. The van der Waals surface area contributed by atoms with Gasteiger partial charge in [0, 0.05) is 18.3 Å². The summed E-state index contributed by atoms with van der Waals surface area (Å²) in [5.74, 6) is 1.06. The fourth-order valence-corrected chi connectivity index (χ4v) is 1.00. The lowest BCUT2D eigenvalue weighted by Crippen LogP contribution is -2.10. The average molecular weight is 181 g/mol. The molecule has 1 aromatic rings. The molecule has 13 heavy (non-hydrogen) atoms. The van der Waals surface area contributed by atoms with Crippen molar-refractivity contribution in [2.45, 2.75) is 13.3 Å². The number of hydrogen-bond donors (Lipinski definition) is 3. The van der Waals surface area contributed by atoms with Crippen molar-refractivity contribution >= 4 is 11.8 Å². The maximum Gasteiger partial charge on any atom is 0.222 e. The SMILES string of the molecule is Cc1cc(NCCCN)nc(N)n1. The van der Waals surface area contributed by atoms with E-state index in [0.29, 0.717) is 12.5 Å². The minimum Gasteiger partial charge on any atom is -0.370 e. The van der Waals surface area contributed by atoms with E-state index in [-0.39, 0.29) is 0 Å². The van der Waals surface area contributed by atoms with Crippen LogP contribution in [0.1, 0.15) is 12.1 Å². The van der Waals surface area contributed by atoms with Gasteiger partial charge in [0.2, 0.25) is 5.95 Å². The molecule has 0 saturated carbocycles. The van der Waals surface area contributed by atoms with Gasteiger partial charge in [-0.05, 0) is 19.9 Å². The average Bonchev–Trinajstić information content (AvgIpc) is 2.03. The van der Waals surface area contributed by atoms with Crippen molar-refractivity contribution in [2.24, 2.45) is 5.73 Å². The first kappa shape index (κ1) is 9.73. The highest BCUT2D eigenvalue weighted by molar-refractivity contribution is 5.39. The van der Waals surface area contributed by atoms with Gasteiger partial charge in [-0.3, -0.25) is 0 Å². The lowest BCUT2D eigenvalue weighted by Gasteiger charge is -2.05. The summed E-state index contributed by atoms with van der Waals surface area (Å²) in [6, 6.07) is 1.85. The highest BCUT2D eigenvalue weighted by Crippen LogP contribution is 2.06. The quantitative estimate of drug-likeness (QED) is 0.574. The second kappa shape index (κ2) is 4.61.